The van der Waals surface area contributed by atoms with E-state index in [1.807, 2.05) is 30.6 Å². The molecule has 1 atom stereocenters. The average Bonchev–Trinajstić information content (AvgIpc) is 2.35. The van der Waals surface area contributed by atoms with Crippen molar-refractivity contribution >= 4 is 29.5 Å². The molecule has 1 aliphatic rings. The standard InChI is InChI=1S/C12H25N3S2/c1-12(2,16-4)9-14-11(13-3)15-10-6-5-7-17-8-10/h10H,5-9H2,1-4H3,(H2,13,14,15). The fourth-order valence-electron chi connectivity index (χ4n) is 1.61. The molecule has 100 valence electrons. The fourth-order valence-corrected chi connectivity index (χ4v) is 2.90. The van der Waals surface area contributed by atoms with Gasteiger partial charge in [-0.05, 0) is 38.7 Å². The van der Waals surface area contributed by atoms with Gasteiger partial charge < -0.3 is 10.6 Å². The Bertz CT molecular complexity index is 248. The number of hydrogen-bond acceptors (Lipinski definition) is 3. The number of thioether (sulfide) groups is 2. The summed E-state index contributed by atoms with van der Waals surface area (Å²) in [6, 6.07) is 0.581. The SMILES string of the molecule is CN=C(NCC(C)(C)SC)NC1CCCSC1. The first-order chi connectivity index (χ1) is 8.07. The van der Waals surface area contributed by atoms with Crippen molar-refractivity contribution in [1.29, 1.82) is 0 Å². The van der Waals surface area contributed by atoms with Crippen LogP contribution < -0.4 is 10.6 Å². The van der Waals surface area contributed by atoms with Crippen molar-refractivity contribution in [2.45, 2.75) is 37.5 Å². The minimum absolute atomic E-state index is 0.249. The van der Waals surface area contributed by atoms with E-state index < -0.39 is 0 Å². The Kier molecular flexibility index (Phi) is 6.55. The molecule has 1 unspecified atom stereocenters. The molecule has 1 heterocycles. The van der Waals surface area contributed by atoms with Crippen LogP contribution >= 0.6 is 23.5 Å². The number of rotatable bonds is 4. The summed E-state index contributed by atoms with van der Waals surface area (Å²) in [5, 5.41) is 6.93. The van der Waals surface area contributed by atoms with Crippen LogP contribution in [0, 0.1) is 0 Å². The maximum atomic E-state index is 4.30. The van der Waals surface area contributed by atoms with Gasteiger partial charge >= 0.3 is 0 Å². The van der Waals surface area contributed by atoms with Crippen molar-refractivity contribution in [3.63, 3.8) is 0 Å². The summed E-state index contributed by atoms with van der Waals surface area (Å²) in [7, 11) is 1.84. The summed E-state index contributed by atoms with van der Waals surface area (Å²) in [5.41, 5.74) is 0. The molecule has 1 saturated heterocycles. The zero-order chi connectivity index (χ0) is 12.7. The van der Waals surface area contributed by atoms with Crippen molar-refractivity contribution in [3.05, 3.63) is 0 Å². The second-order valence-corrected chi connectivity index (χ2v) is 7.61. The van der Waals surface area contributed by atoms with Crippen LogP contribution in [0.4, 0.5) is 0 Å². The molecule has 0 aliphatic carbocycles. The van der Waals surface area contributed by atoms with Crippen molar-refractivity contribution in [3.8, 4) is 0 Å². The minimum Gasteiger partial charge on any atom is -0.355 e. The molecule has 0 aromatic carbocycles. The summed E-state index contributed by atoms with van der Waals surface area (Å²) in [4.78, 5) is 4.30. The van der Waals surface area contributed by atoms with E-state index >= 15 is 0 Å². The Hall–Kier alpha value is -0.0300. The first kappa shape index (κ1) is 15.0. The third-order valence-corrected chi connectivity index (χ3v) is 5.42. The maximum Gasteiger partial charge on any atom is 0.191 e. The van der Waals surface area contributed by atoms with Gasteiger partial charge in [-0.3, -0.25) is 4.99 Å². The van der Waals surface area contributed by atoms with E-state index in [0.717, 1.165) is 12.5 Å². The van der Waals surface area contributed by atoms with Crippen LogP contribution in [0.1, 0.15) is 26.7 Å². The van der Waals surface area contributed by atoms with Crippen LogP contribution in [0.2, 0.25) is 0 Å². The second kappa shape index (κ2) is 7.41. The predicted octanol–water partition coefficient (Wildman–Crippen LogP) is 2.19. The molecule has 5 heteroatoms. The Morgan fingerprint density at radius 1 is 1.53 bits per heavy atom. The quantitative estimate of drug-likeness (QED) is 0.609. The van der Waals surface area contributed by atoms with Crippen LogP contribution in [-0.4, -0.2) is 48.1 Å². The lowest BCUT2D eigenvalue weighted by Crippen LogP contribution is -2.48. The van der Waals surface area contributed by atoms with E-state index in [-0.39, 0.29) is 4.75 Å². The van der Waals surface area contributed by atoms with E-state index in [4.69, 9.17) is 0 Å². The highest BCUT2D eigenvalue weighted by molar-refractivity contribution is 8.00. The van der Waals surface area contributed by atoms with Gasteiger partial charge in [0.05, 0.1) is 0 Å². The lowest BCUT2D eigenvalue weighted by Gasteiger charge is -2.27. The molecule has 1 fully saturated rings. The Morgan fingerprint density at radius 2 is 2.29 bits per heavy atom. The molecule has 0 aromatic rings. The smallest absolute Gasteiger partial charge is 0.191 e. The first-order valence-electron chi connectivity index (χ1n) is 6.17. The van der Waals surface area contributed by atoms with E-state index in [1.54, 1.807) is 0 Å². The van der Waals surface area contributed by atoms with Gasteiger partial charge in [-0.2, -0.15) is 23.5 Å². The molecular formula is C12H25N3S2. The van der Waals surface area contributed by atoms with Crippen molar-refractivity contribution in [2.75, 3.05) is 31.4 Å². The molecule has 0 aromatic heterocycles. The normalized spacial score (nSPS) is 22.4. The highest BCUT2D eigenvalue weighted by Crippen LogP contribution is 2.19. The molecular weight excluding hydrogens is 250 g/mol. The highest BCUT2D eigenvalue weighted by Gasteiger charge is 2.18. The number of aliphatic imine (C=N–C) groups is 1. The van der Waals surface area contributed by atoms with Gasteiger partial charge in [0.25, 0.3) is 0 Å². The van der Waals surface area contributed by atoms with Crippen LogP contribution in [0.25, 0.3) is 0 Å². The molecule has 2 N–H and O–H groups in total. The summed E-state index contributed by atoms with van der Waals surface area (Å²) < 4.78 is 0.249. The third kappa shape index (κ3) is 5.91. The number of guanidine groups is 1. The van der Waals surface area contributed by atoms with E-state index in [0.29, 0.717) is 6.04 Å². The predicted molar refractivity (Wildman–Crippen MR) is 82.4 cm³/mol. The molecule has 0 bridgehead atoms. The van der Waals surface area contributed by atoms with E-state index in [2.05, 4.69) is 35.7 Å². The molecule has 0 spiro atoms. The summed E-state index contributed by atoms with van der Waals surface area (Å²) >= 11 is 3.91. The zero-order valence-electron chi connectivity index (χ0n) is 11.4. The topological polar surface area (TPSA) is 36.4 Å². The summed E-state index contributed by atoms with van der Waals surface area (Å²) in [5.74, 6) is 3.45. The lowest BCUT2D eigenvalue weighted by molar-refractivity contribution is 0.575. The Labute approximate surface area is 114 Å². The van der Waals surface area contributed by atoms with Crippen LogP contribution in [0.15, 0.2) is 4.99 Å². The molecule has 1 aliphatic heterocycles. The molecule has 0 radical (unpaired) electrons. The van der Waals surface area contributed by atoms with Gasteiger partial charge in [0, 0.05) is 30.1 Å². The highest BCUT2D eigenvalue weighted by atomic mass is 32.2. The zero-order valence-corrected chi connectivity index (χ0v) is 13.0. The molecule has 3 nitrogen and oxygen atoms in total. The Morgan fingerprint density at radius 3 is 2.82 bits per heavy atom. The van der Waals surface area contributed by atoms with Crippen LogP contribution in [0.5, 0.6) is 0 Å². The monoisotopic (exact) mass is 275 g/mol. The molecule has 0 saturated carbocycles. The number of nitrogens with zero attached hydrogens (tertiary/aromatic N) is 1. The second-order valence-electron chi connectivity index (χ2n) is 4.95. The van der Waals surface area contributed by atoms with Crippen molar-refractivity contribution in [1.82, 2.24) is 10.6 Å². The van der Waals surface area contributed by atoms with Gasteiger partial charge in [-0.15, -0.1) is 0 Å². The third-order valence-electron chi connectivity index (χ3n) is 2.96. The minimum atomic E-state index is 0.249. The van der Waals surface area contributed by atoms with Crippen molar-refractivity contribution in [2.24, 2.45) is 4.99 Å². The van der Waals surface area contributed by atoms with Gasteiger partial charge in [0.1, 0.15) is 0 Å². The number of nitrogens with one attached hydrogen (secondary N) is 2. The molecule has 1 rings (SSSR count). The first-order valence-corrected chi connectivity index (χ1v) is 8.55. The average molecular weight is 275 g/mol. The Balaban J connectivity index is 2.33. The van der Waals surface area contributed by atoms with Gasteiger partial charge in [-0.25, -0.2) is 0 Å². The maximum absolute atomic E-state index is 4.30. The largest absolute Gasteiger partial charge is 0.355 e. The molecule has 17 heavy (non-hydrogen) atoms. The number of hydrogen-bond donors (Lipinski definition) is 2. The summed E-state index contributed by atoms with van der Waals surface area (Å²) in [6.45, 7) is 5.43. The molecule has 0 amide bonds. The lowest BCUT2D eigenvalue weighted by atomic mass is 10.2. The van der Waals surface area contributed by atoms with Crippen molar-refractivity contribution < 1.29 is 0 Å². The van der Waals surface area contributed by atoms with Gasteiger partial charge in [0.2, 0.25) is 0 Å². The summed E-state index contributed by atoms with van der Waals surface area (Å²) in [6.07, 6.45) is 4.73. The van der Waals surface area contributed by atoms with E-state index in [9.17, 15) is 0 Å². The van der Waals surface area contributed by atoms with Gasteiger partial charge in [-0.1, -0.05) is 0 Å². The van der Waals surface area contributed by atoms with Crippen LogP contribution in [0.3, 0.4) is 0 Å². The van der Waals surface area contributed by atoms with Gasteiger partial charge in [0.15, 0.2) is 5.96 Å². The van der Waals surface area contributed by atoms with E-state index in [1.165, 1.54) is 24.3 Å². The fraction of sp³-hybridized carbons (Fsp3) is 0.917. The van der Waals surface area contributed by atoms with Crippen LogP contribution in [-0.2, 0) is 0 Å².